The van der Waals surface area contributed by atoms with Gasteiger partial charge in [0.25, 0.3) is 6.71 Å². The first kappa shape index (κ1) is 40.7. The summed E-state index contributed by atoms with van der Waals surface area (Å²) in [5.41, 5.74) is 20.9. The van der Waals surface area contributed by atoms with Crippen LogP contribution in [0.3, 0.4) is 0 Å². The standard InChI is InChI=1S/C64H54BN3Si/c1-43-36-54-61-58(38-43)69(50-28-16-8-17-29-50,51-30-18-9-19-31-51)59-39-44(2)37-55-62(59)65(61)60-56(66(54)47-24-12-6-13-25-47)41-49(42-57(60)67(55)48-26-14-7-15-27-48)68-53-33-32-46(45-22-10-5-11-23-45)40-52(53)63(3)34-20-21-35-64(63,68)4/h5-19,22-33,36-42H,20-21,34-35H2,1-4H3. The van der Waals surface area contributed by atoms with E-state index in [9.17, 15) is 0 Å². The molecule has 4 aliphatic heterocycles. The third-order valence-corrected chi connectivity index (χ3v) is 22.1. The molecule has 5 heteroatoms. The third-order valence-electron chi connectivity index (χ3n) is 17.3. The Hall–Kier alpha value is -7.34. The first-order valence-corrected chi connectivity index (χ1v) is 27.1. The molecule has 4 heterocycles. The van der Waals surface area contributed by atoms with Crippen molar-refractivity contribution < 1.29 is 0 Å². The number of para-hydroxylation sites is 2. The van der Waals surface area contributed by atoms with Crippen LogP contribution in [-0.4, -0.2) is 20.3 Å². The van der Waals surface area contributed by atoms with E-state index >= 15 is 0 Å². The molecule has 0 saturated heterocycles. The van der Waals surface area contributed by atoms with Gasteiger partial charge >= 0.3 is 0 Å². The molecule has 1 saturated carbocycles. The molecule has 0 N–H and O–H groups in total. The van der Waals surface area contributed by atoms with Crippen molar-refractivity contribution in [2.45, 2.75) is 64.3 Å². The first-order chi connectivity index (χ1) is 33.8. The van der Waals surface area contributed by atoms with Crippen LogP contribution in [0.15, 0.2) is 206 Å². The molecule has 0 amide bonds. The molecule has 9 aromatic rings. The maximum absolute atomic E-state index is 2.98. The highest BCUT2D eigenvalue weighted by Crippen LogP contribution is 2.62. The van der Waals surface area contributed by atoms with Crippen LogP contribution in [0.4, 0.5) is 45.5 Å². The number of rotatable bonds is 6. The van der Waals surface area contributed by atoms with Gasteiger partial charge in [0, 0.05) is 50.9 Å². The highest BCUT2D eigenvalue weighted by Gasteiger charge is 2.60. The number of nitrogens with zero attached hydrogens (tertiary/aromatic N) is 3. The fourth-order valence-corrected chi connectivity index (χ4v) is 19.7. The van der Waals surface area contributed by atoms with Gasteiger partial charge in [-0.15, -0.1) is 0 Å². The summed E-state index contributed by atoms with van der Waals surface area (Å²) >= 11 is 0. The quantitative estimate of drug-likeness (QED) is 0.154. The summed E-state index contributed by atoms with van der Waals surface area (Å²) in [7, 11) is -2.98. The van der Waals surface area contributed by atoms with Gasteiger partial charge in [0.1, 0.15) is 0 Å². The summed E-state index contributed by atoms with van der Waals surface area (Å²) in [5.74, 6) is 0. The monoisotopic (exact) mass is 903 g/mol. The molecule has 0 bridgehead atoms. The van der Waals surface area contributed by atoms with Gasteiger partial charge in [0.05, 0.1) is 5.54 Å². The summed E-state index contributed by atoms with van der Waals surface area (Å²) in [4.78, 5) is 8.12. The molecule has 0 aromatic heterocycles. The average molecular weight is 904 g/mol. The molecule has 69 heavy (non-hydrogen) atoms. The van der Waals surface area contributed by atoms with Crippen LogP contribution < -0.4 is 51.8 Å². The molecule has 0 spiro atoms. The molecule has 9 aromatic carbocycles. The maximum atomic E-state index is 2.80. The Morgan fingerprint density at radius 1 is 0.420 bits per heavy atom. The largest absolute Gasteiger partial charge is 0.334 e. The van der Waals surface area contributed by atoms with E-state index in [4.69, 9.17) is 0 Å². The average Bonchev–Trinajstić information content (AvgIpc) is 3.59. The highest BCUT2D eigenvalue weighted by atomic mass is 28.3. The molecule has 1 fully saturated rings. The van der Waals surface area contributed by atoms with Crippen molar-refractivity contribution in [3.8, 4) is 11.1 Å². The lowest BCUT2D eigenvalue weighted by molar-refractivity contribution is 0.195. The van der Waals surface area contributed by atoms with Crippen molar-refractivity contribution in [1.29, 1.82) is 0 Å². The van der Waals surface area contributed by atoms with Gasteiger partial charge < -0.3 is 14.7 Å². The van der Waals surface area contributed by atoms with E-state index in [0.29, 0.717) is 0 Å². The van der Waals surface area contributed by atoms with Gasteiger partial charge in [-0.2, -0.15) is 0 Å². The zero-order valence-electron chi connectivity index (χ0n) is 39.9. The van der Waals surface area contributed by atoms with Crippen LogP contribution in [0.2, 0.25) is 0 Å². The van der Waals surface area contributed by atoms with E-state index < -0.39 is 8.07 Å². The number of fused-ring (bicyclic) bond motifs is 3. The van der Waals surface area contributed by atoms with Crippen LogP contribution in [0.1, 0.15) is 56.2 Å². The van der Waals surface area contributed by atoms with Gasteiger partial charge in [-0.3, -0.25) is 0 Å². The lowest BCUT2D eigenvalue weighted by Gasteiger charge is -2.53. The predicted octanol–water partition coefficient (Wildman–Crippen LogP) is 11.5. The molecule has 3 nitrogen and oxygen atoms in total. The summed E-state index contributed by atoms with van der Waals surface area (Å²) < 4.78 is 0. The Morgan fingerprint density at radius 2 is 0.884 bits per heavy atom. The van der Waals surface area contributed by atoms with E-state index in [1.165, 1.54) is 123 Å². The Morgan fingerprint density at radius 3 is 1.41 bits per heavy atom. The smallest absolute Gasteiger partial charge is 0.251 e. The van der Waals surface area contributed by atoms with Crippen molar-refractivity contribution in [1.82, 2.24) is 0 Å². The van der Waals surface area contributed by atoms with Gasteiger partial charge in [-0.25, -0.2) is 0 Å². The summed E-state index contributed by atoms with van der Waals surface area (Å²) in [6, 6.07) is 79.4. The zero-order valence-corrected chi connectivity index (χ0v) is 40.9. The van der Waals surface area contributed by atoms with Crippen molar-refractivity contribution in [3.63, 3.8) is 0 Å². The topological polar surface area (TPSA) is 9.72 Å². The second-order valence-electron chi connectivity index (χ2n) is 20.9. The third kappa shape index (κ3) is 5.45. The van der Waals surface area contributed by atoms with Crippen molar-refractivity contribution in [3.05, 3.63) is 223 Å². The Balaban J connectivity index is 1.13. The second kappa shape index (κ2) is 14.8. The minimum absolute atomic E-state index is 0.0306. The number of hydrogen-bond acceptors (Lipinski definition) is 3. The van der Waals surface area contributed by atoms with Gasteiger partial charge in [-0.05, 0) is 159 Å². The lowest BCUT2D eigenvalue weighted by Crippen LogP contribution is -2.88. The zero-order chi connectivity index (χ0) is 46.2. The number of hydrogen-bond donors (Lipinski definition) is 0. The van der Waals surface area contributed by atoms with Crippen molar-refractivity contribution in [2.24, 2.45) is 0 Å². The number of benzene rings is 9. The Bertz CT molecular complexity index is 3360. The van der Waals surface area contributed by atoms with Gasteiger partial charge in [0.15, 0.2) is 8.07 Å². The number of anilines is 8. The van der Waals surface area contributed by atoms with E-state index in [-0.39, 0.29) is 17.7 Å². The Labute approximate surface area is 408 Å². The van der Waals surface area contributed by atoms with Crippen molar-refractivity contribution in [2.75, 3.05) is 14.7 Å². The minimum atomic E-state index is -2.98. The molecule has 5 aliphatic rings. The Kier molecular flexibility index (Phi) is 8.75. The van der Waals surface area contributed by atoms with Gasteiger partial charge in [0.2, 0.25) is 0 Å². The van der Waals surface area contributed by atoms with E-state index in [1.807, 2.05) is 0 Å². The van der Waals surface area contributed by atoms with Crippen LogP contribution in [0.5, 0.6) is 0 Å². The fraction of sp³-hybridized carbons (Fsp3) is 0.156. The molecule has 14 rings (SSSR count). The summed E-state index contributed by atoms with van der Waals surface area (Å²) in [6.07, 6.45) is 4.74. The molecular weight excluding hydrogens is 850 g/mol. The highest BCUT2D eigenvalue weighted by molar-refractivity contribution is 7.27. The summed E-state index contributed by atoms with van der Waals surface area (Å²) in [5, 5.41) is 5.86. The molecule has 2 atom stereocenters. The predicted molar refractivity (Wildman–Crippen MR) is 295 cm³/mol. The fourth-order valence-electron chi connectivity index (χ4n) is 14.2. The number of aryl methyl sites for hydroxylation is 2. The van der Waals surface area contributed by atoms with Crippen LogP contribution >= 0.6 is 0 Å². The first-order valence-electron chi connectivity index (χ1n) is 25.1. The normalized spacial score (nSPS) is 19.8. The minimum Gasteiger partial charge on any atom is -0.334 e. The second-order valence-corrected chi connectivity index (χ2v) is 24.6. The van der Waals surface area contributed by atoms with Gasteiger partial charge in [-0.1, -0.05) is 165 Å². The molecule has 0 radical (unpaired) electrons. The van der Waals surface area contributed by atoms with Crippen LogP contribution in [-0.2, 0) is 5.41 Å². The maximum Gasteiger partial charge on any atom is 0.251 e. The SMILES string of the molecule is Cc1cc2c3c(c1)[Si](c1ccccc1)(c1ccccc1)c1cc(C)cc4c1B3c1c(cc(N3c5ccc(-c6ccccc6)cc5C5(C)CCCCC35C)cc1N4c1ccccc1)N2c1ccccc1. The molecular formula is C64H54BN3Si. The van der Waals surface area contributed by atoms with Crippen LogP contribution in [0.25, 0.3) is 11.1 Å². The van der Waals surface area contributed by atoms with Crippen molar-refractivity contribution >= 4 is 97.4 Å². The molecule has 332 valence electrons. The lowest BCUT2D eigenvalue weighted by atomic mass is 9.33. The van der Waals surface area contributed by atoms with E-state index in [0.717, 1.165) is 12.8 Å². The summed E-state index contributed by atoms with van der Waals surface area (Å²) in [6.45, 7) is 9.85. The molecule has 2 unspecified atom stereocenters. The van der Waals surface area contributed by atoms with E-state index in [2.05, 4.69) is 249 Å². The van der Waals surface area contributed by atoms with Crippen LogP contribution in [0, 0.1) is 13.8 Å². The molecule has 1 aliphatic carbocycles. The van der Waals surface area contributed by atoms with E-state index in [1.54, 1.807) is 0 Å².